The summed E-state index contributed by atoms with van der Waals surface area (Å²) in [5, 5.41) is 12.4. The molecule has 0 aromatic rings. The SMILES string of the molecule is CC1CCCN(CC(=O)NC2(C#N)CCCCC2)C1CN. The van der Waals surface area contributed by atoms with Gasteiger partial charge >= 0.3 is 0 Å². The number of carbonyl (C=O) groups is 1. The van der Waals surface area contributed by atoms with E-state index in [-0.39, 0.29) is 11.9 Å². The normalized spacial score (nSPS) is 29.6. The minimum Gasteiger partial charge on any atom is -0.337 e. The van der Waals surface area contributed by atoms with Crippen LogP contribution in [-0.4, -0.2) is 42.0 Å². The number of hydrogen-bond donors (Lipinski definition) is 2. The molecule has 1 amide bonds. The molecular weight excluding hydrogens is 264 g/mol. The Morgan fingerprint density at radius 1 is 1.38 bits per heavy atom. The summed E-state index contributed by atoms with van der Waals surface area (Å²) in [5.41, 5.74) is 5.24. The molecule has 0 aromatic heterocycles. The van der Waals surface area contributed by atoms with Crippen molar-refractivity contribution in [3.05, 3.63) is 0 Å². The standard InChI is InChI=1S/C16H28N4O/c1-13-6-5-9-20(14(13)10-17)11-15(21)19-16(12-18)7-3-2-4-8-16/h13-14H,2-11,17H2,1H3,(H,19,21). The minimum absolute atomic E-state index is 0.0222. The molecule has 1 aliphatic heterocycles. The van der Waals surface area contributed by atoms with E-state index in [1.807, 2.05) is 0 Å². The number of likely N-dealkylation sites (tertiary alicyclic amines) is 1. The van der Waals surface area contributed by atoms with Crippen molar-refractivity contribution in [3.8, 4) is 6.07 Å². The van der Waals surface area contributed by atoms with Gasteiger partial charge in [-0.05, 0) is 38.1 Å². The summed E-state index contributed by atoms with van der Waals surface area (Å²) in [5.74, 6) is 0.516. The van der Waals surface area contributed by atoms with E-state index in [1.165, 1.54) is 6.42 Å². The number of rotatable bonds is 4. The Balaban J connectivity index is 1.92. The van der Waals surface area contributed by atoms with Crippen LogP contribution in [0.4, 0.5) is 0 Å². The Morgan fingerprint density at radius 2 is 2.10 bits per heavy atom. The summed E-state index contributed by atoms with van der Waals surface area (Å²) in [4.78, 5) is 14.6. The zero-order valence-electron chi connectivity index (χ0n) is 13.1. The number of hydrogen-bond acceptors (Lipinski definition) is 4. The molecule has 5 heteroatoms. The van der Waals surface area contributed by atoms with Gasteiger partial charge in [-0.15, -0.1) is 0 Å². The lowest BCUT2D eigenvalue weighted by atomic mass is 9.83. The van der Waals surface area contributed by atoms with Gasteiger partial charge in [-0.1, -0.05) is 26.2 Å². The molecule has 5 nitrogen and oxygen atoms in total. The van der Waals surface area contributed by atoms with Crippen molar-refractivity contribution < 1.29 is 4.79 Å². The zero-order chi connectivity index (χ0) is 15.3. The first-order valence-corrected chi connectivity index (χ1v) is 8.26. The molecule has 1 saturated heterocycles. The van der Waals surface area contributed by atoms with Gasteiger partial charge < -0.3 is 11.1 Å². The molecular formula is C16H28N4O. The first-order valence-electron chi connectivity index (χ1n) is 8.26. The number of nitriles is 1. The van der Waals surface area contributed by atoms with Gasteiger partial charge in [-0.2, -0.15) is 5.26 Å². The fraction of sp³-hybridized carbons (Fsp3) is 0.875. The molecule has 21 heavy (non-hydrogen) atoms. The van der Waals surface area contributed by atoms with Crippen LogP contribution in [0.3, 0.4) is 0 Å². The predicted molar refractivity (Wildman–Crippen MR) is 82.4 cm³/mol. The molecule has 2 aliphatic rings. The Morgan fingerprint density at radius 3 is 2.71 bits per heavy atom. The molecule has 1 aliphatic carbocycles. The first kappa shape index (κ1) is 16.3. The van der Waals surface area contributed by atoms with Crippen molar-refractivity contribution in [1.29, 1.82) is 5.26 Å². The van der Waals surface area contributed by atoms with Crippen LogP contribution >= 0.6 is 0 Å². The van der Waals surface area contributed by atoms with Crippen molar-refractivity contribution in [3.63, 3.8) is 0 Å². The van der Waals surface area contributed by atoms with Gasteiger partial charge in [0.2, 0.25) is 5.91 Å². The van der Waals surface area contributed by atoms with Gasteiger partial charge in [0.1, 0.15) is 5.54 Å². The molecule has 2 fully saturated rings. The van der Waals surface area contributed by atoms with Gasteiger partial charge in [0.15, 0.2) is 0 Å². The quantitative estimate of drug-likeness (QED) is 0.820. The molecule has 0 spiro atoms. The van der Waals surface area contributed by atoms with Crippen molar-refractivity contribution in [2.24, 2.45) is 11.7 Å². The van der Waals surface area contributed by atoms with Crippen molar-refractivity contribution in [1.82, 2.24) is 10.2 Å². The lowest BCUT2D eigenvalue weighted by Gasteiger charge is -2.40. The van der Waals surface area contributed by atoms with Crippen molar-refractivity contribution >= 4 is 5.91 Å². The van der Waals surface area contributed by atoms with E-state index in [2.05, 4.69) is 23.2 Å². The Hall–Kier alpha value is -1.12. The average molecular weight is 292 g/mol. The van der Waals surface area contributed by atoms with E-state index in [0.29, 0.717) is 19.0 Å². The highest BCUT2D eigenvalue weighted by molar-refractivity contribution is 5.79. The molecule has 1 saturated carbocycles. The number of nitrogens with two attached hydrogens (primary N) is 1. The maximum atomic E-state index is 12.4. The van der Waals surface area contributed by atoms with Crippen LogP contribution in [0.25, 0.3) is 0 Å². The highest BCUT2D eigenvalue weighted by Crippen LogP contribution is 2.28. The summed E-state index contributed by atoms with van der Waals surface area (Å²) >= 11 is 0. The van der Waals surface area contributed by atoms with E-state index < -0.39 is 5.54 Å². The molecule has 0 bridgehead atoms. The lowest BCUT2D eigenvalue weighted by Crippen LogP contribution is -2.55. The smallest absolute Gasteiger partial charge is 0.235 e. The van der Waals surface area contributed by atoms with Gasteiger partial charge in [0.25, 0.3) is 0 Å². The second-order valence-corrected chi connectivity index (χ2v) is 6.70. The van der Waals surface area contributed by atoms with Crippen LogP contribution in [0.2, 0.25) is 0 Å². The molecule has 2 unspecified atom stereocenters. The number of amides is 1. The topological polar surface area (TPSA) is 82.2 Å². The number of nitrogens with zero attached hydrogens (tertiary/aromatic N) is 2. The second kappa shape index (κ2) is 7.24. The van der Waals surface area contributed by atoms with E-state index in [9.17, 15) is 10.1 Å². The van der Waals surface area contributed by atoms with Crippen LogP contribution in [0.5, 0.6) is 0 Å². The maximum absolute atomic E-state index is 12.4. The molecule has 2 rings (SSSR count). The van der Waals surface area contributed by atoms with E-state index in [1.54, 1.807) is 0 Å². The highest BCUT2D eigenvalue weighted by Gasteiger charge is 2.35. The third-order valence-corrected chi connectivity index (χ3v) is 5.12. The monoisotopic (exact) mass is 292 g/mol. The van der Waals surface area contributed by atoms with E-state index >= 15 is 0 Å². The molecule has 3 N–H and O–H groups in total. The number of carbonyl (C=O) groups excluding carboxylic acids is 1. The molecule has 0 radical (unpaired) electrons. The zero-order valence-corrected chi connectivity index (χ0v) is 13.1. The van der Waals surface area contributed by atoms with Gasteiger partial charge in [-0.3, -0.25) is 9.69 Å². The first-order chi connectivity index (χ1) is 10.1. The predicted octanol–water partition coefficient (Wildman–Crippen LogP) is 1.39. The van der Waals surface area contributed by atoms with E-state index in [4.69, 9.17) is 5.73 Å². The fourth-order valence-electron chi connectivity index (χ4n) is 3.82. The van der Waals surface area contributed by atoms with Crippen LogP contribution in [-0.2, 0) is 4.79 Å². The summed E-state index contributed by atoms with van der Waals surface area (Å²) in [6.45, 7) is 4.10. The molecule has 2 atom stereocenters. The van der Waals surface area contributed by atoms with E-state index in [0.717, 1.165) is 45.1 Å². The highest BCUT2D eigenvalue weighted by atomic mass is 16.2. The number of piperidine rings is 1. The summed E-state index contributed by atoms with van der Waals surface area (Å²) in [6, 6.07) is 2.63. The summed E-state index contributed by atoms with van der Waals surface area (Å²) < 4.78 is 0. The largest absolute Gasteiger partial charge is 0.337 e. The fourth-order valence-corrected chi connectivity index (χ4v) is 3.82. The Labute approximate surface area is 127 Å². The van der Waals surface area contributed by atoms with Gasteiger partial charge in [-0.25, -0.2) is 0 Å². The van der Waals surface area contributed by atoms with Crippen LogP contribution in [0.1, 0.15) is 51.9 Å². The van der Waals surface area contributed by atoms with Crippen LogP contribution in [0, 0.1) is 17.2 Å². The average Bonchev–Trinajstić information content (AvgIpc) is 2.48. The van der Waals surface area contributed by atoms with Crippen LogP contribution in [0.15, 0.2) is 0 Å². The van der Waals surface area contributed by atoms with Crippen molar-refractivity contribution in [2.75, 3.05) is 19.6 Å². The lowest BCUT2D eigenvalue weighted by molar-refractivity contribution is -0.125. The van der Waals surface area contributed by atoms with Gasteiger partial charge in [0.05, 0.1) is 12.6 Å². The Bertz CT molecular complexity index is 398. The van der Waals surface area contributed by atoms with Gasteiger partial charge in [0, 0.05) is 12.6 Å². The summed E-state index contributed by atoms with van der Waals surface area (Å²) in [7, 11) is 0. The minimum atomic E-state index is -0.630. The van der Waals surface area contributed by atoms with Crippen molar-refractivity contribution in [2.45, 2.75) is 63.5 Å². The second-order valence-electron chi connectivity index (χ2n) is 6.70. The number of nitrogens with one attached hydrogen (secondary N) is 1. The third kappa shape index (κ3) is 3.96. The molecule has 0 aromatic carbocycles. The van der Waals surface area contributed by atoms with Crippen LogP contribution < -0.4 is 11.1 Å². The molecule has 1 heterocycles. The Kier molecular flexibility index (Phi) is 5.60. The molecule has 118 valence electrons. The summed E-state index contributed by atoms with van der Waals surface area (Å²) in [6.07, 6.45) is 7.09. The maximum Gasteiger partial charge on any atom is 0.235 e. The third-order valence-electron chi connectivity index (χ3n) is 5.12.